The van der Waals surface area contributed by atoms with E-state index in [1.54, 1.807) is 0 Å². The van der Waals surface area contributed by atoms with Crippen molar-refractivity contribution in [2.75, 3.05) is 11.9 Å². The summed E-state index contributed by atoms with van der Waals surface area (Å²) in [6.07, 6.45) is -7.01. The zero-order valence-corrected chi connectivity index (χ0v) is 8.95. The first-order chi connectivity index (χ1) is 6.39. The van der Waals surface area contributed by atoms with Crippen LogP contribution in [0.2, 0.25) is 0 Å². The monoisotopic (exact) mass is 291 g/mol. The molecule has 0 spiro atoms. The van der Waals surface area contributed by atoms with Crippen molar-refractivity contribution in [3.63, 3.8) is 0 Å². The smallest absolute Gasteiger partial charge is 0.382 e. The predicted octanol–water partition coefficient (Wildman–Crippen LogP) is 1.64. The molecular formula is C5H5BrF3N3OS. The van der Waals surface area contributed by atoms with Crippen molar-refractivity contribution in [2.24, 2.45) is 0 Å². The summed E-state index contributed by atoms with van der Waals surface area (Å²) in [6.45, 7) is -0.634. The molecule has 14 heavy (non-hydrogen) atoms. The summed E-state index contributed by atoms with van der Waals surface area (Å²) in [5, 5.41) is 18.2. The Hall–Kier alpha value is -0.410. The fourth-order valence-electron chi connectivity index (χ4n) is 0.576. The number of aliphatic hydroxyl groups excluding tert-OH is 1. The van der Waals surface area contributed by atoms with Gasteiger partial charge in [0.2, 0.25) is 5.13 Å². The molecule has 9 heteroatoms. The fourth-order valence-corrected chi connectivity index (χ4v) is 1.59. The first-order valence-electron chi connectivity index (χ1n) is 3.37. The summed E-state index contributed by atoms with van der Waals surface area (Å²) >= 11 is 4.04. The molecule has 1 aromatic rings. The largest absolute Gasteiger partial charge is 0.416 e. The van der Waals surface area contributed by atoms with Gasteiger partial charge in [-0.25, -0.2) is 0 Å². The van der Waals surface area contributed by atoms with E-state index in [1.807, 2.05) is 0 Å². The third-order valence-corrected chi connectivity index (χ3v) is 2.54. The van der Waals surface area contributed by atoms with Crippen molar-refractivity contribution >= 4 is 32.4 Å². The molecule has 0 radical (unpaired) electrons. The molecule has 0 saturated heterocycles. The van der Waals surface area contributed by atoms with Gasteiger partial charge < -0.3 is 10.4 Å². The minimum Gasteiger partial charge on any atom is -0.382 e. The second kappa shape index (κ2) is 4.41. The van der Waals surface area contributed by atoms with Crippen LogP contribution in [-0.2, 0) is 0 Å². The summed E-state index contributed by atoms with van der Waals surface area (Å²) in [6, 6.07) is 0. The highest BCUT2D eigenvalue weighted by molar-refractivity contribution is 9.11. The summed E-state index contributed by atoms with van der Waals surface area (Å²) < 4.78 is 35.9. The Morgan fingerprint density at radius 1 is 1.50 bits per heavy atom. The average Bonchev–Trinajstić information content (AvgIpc) is 2.45. The van der Waals surface area contributed by atoms with Gasteiger partial charge in [0.25, 0.3) is 0 Å². The predicted molar refractivity (Wildman–Crippen MR) is 48.2 cm³/mol. The van der Waals surface area contributed by atoms with Crippen LogP contribution in [-0.4, -0.2) is 34.1 Å². The molecule has 0 aliphatic carbocycles. The molecule has 0 saturated carbocycles. The van der Waals surface area contributed by atoms with Gasteiger partial charge in [0.15, 0.2) is 10.0 Å². The van der Waals surface area contributed by atoms with E-state index in [0.29, 0.717) is 3.92 Å². The lowest BCUT2D eigenvalue weighted by Crippen LogP contribution is -2.34. The van der Waals surface area contributed by atoms with Crippen LogP contribution < -0.4 is 5.32 Å². The molecule has 1 aromatic heterocycles. The first-order valence-corrected chi connectivity index (χ1v) is 4.98. The van der Waals surface area contributed by atoms with Crippen LogP contribution in [0.1, 0.15) is 0 Å². The zero-order chi connectivity index (χ0) is 10.8. The minimum absolute atomic E-state index is 0.222. The summed E-state index contributed by atoms with van der Waals surface area (Å²) in [4.78, 5) is 0. The quantitative estimate of drug-likeness (QED) is 0.889. The maximum atomic E-state index is 11.8. The van der Waals surface area contributed by atoms with Crippen LogP contribution >= 0.6 is 27.3 Å². The Kier molecular flexibility index (Phi) is 3.67. The lowest BCUT2D eigenvalue weighted by molar-refractivity contribution is -0.198. The van der Waals surface area contributed by atoms with Crippen molar-refractivity contribution in [2.45, 2.75) is 12.3 Å². The van der Waals surface area contributed by atoms with Crippen molar-refractivity contribution in [1.29, 1.82) is 0 Å². The number of hydrogen-bond donors (Lipinski definition) is 2. The molecule has 1 rings (SSSR count). The third kappa shape index (κ3) is 3.39. The molecule has 0 amide bonds. The number of anilines is 1. The van der Waals surface area contributed by atoms with Gasteiger partial charge in [0.1, 0.15) is 0 Å². The van der Waals surface area contributed by atoms with E-state index in [0.717, 1.165) is 11.3 Å². The number of hydrogen-bond acceptors (Lipinski definition) is 5. The van der Waals surface area contributed by atoms with Crippen molar-refractivity contribution in [3.05, 3.63) is 3.92 Å². The number of nitrogens with one attached hydrogen (secondary N) is 1. The Balaban J connectivity index is 2.41. The fraction of sp³-hybridized carbons (Fsp3) is 0.600. The topological polar surface area (TPSA) is 58.0 Å². The van der Waals surface area contributed by atoms with Crippen molar-refractivity contribution in [3.8, 4) is 0 Å². The van der Waals surface area contributed by atoms with Crippen LogP contribution in [0, 0.1) is 0 Å². The van der Waals surface area contributed by atoms with E-state index in [-0.39, 0.29) is 5.13 Å². The van der Waals surface area contributed by atoms with E-state index in [1.165, 1.54) is 0 Å². The van der Waals surface area contributed by atoms with Gasteiger partial charge in [-0.3, -0.25) is 0 Å². The number of rotatable bonds is 3. The van der Waals surface area contributed by atoms with E-state index in [9.17, 15) is 13.2 Å². The average molecular weight is 292 g/mol. The van der Waals surface area contributed by atoms with Crippen LogP contribution in [0.5, 0.6) is 0 Å². The Morgan fingerprint density at radius 2 is 2.14 bits per heavy atom. The van der Waals surface area contributed by atoms with Crippen LogP contribution in [0.25, 0.3) is 0 Å². The summed E-state index contributed by atoms with van der Waals surface area (Å²) in [7, 11) is 0. The Morgan fingerprint density at radius 3 is 2.57 bits per heavy atom. The van der Waals surface area contributed by atoms with Gasteiger partial charge in [0.05, 0.1) is 6.54 Å². The molecular weight excluding hydrogens is 287 g/mol. The van der Waals surface area contributed by atoms with Gasteiger partial charge in [-0.05, 0) is 15.9 Å². The van der Waals surface area contributed by atoms with E-state index in [4.69, 9.17) is 5.11 Å². The van der Waals surface area contributed by atoms with Gasteiger partial charge in [-0.1, -0.05) is 11.3 Å². The molecule has 0 fully saturated rings. The molecule has 2 N–H and O–H groups in total. The van der Waals surface area contributed by atoms with E-state index < -0.39 is 18.8 Å². The Bertz CT molecular complexity index is 305. The highest BCUT2D eigenvalue weighted by atomic mass is 79.9. The lowest BCUT2D eigenvalue weighted by atomic mass is 10.3. The number of halogens is 4. The van der Waals surface area contributed by atoms with Gasteiger partial charge in [0, 0.05) is 0 Å². The number of nitrogens with zero attached hydrogens (tertiary/aromatic N) is 2. The summed E-state index contributed by atoms with van der Waals surface area (Å²) in [5.41, 5.74) is 0. The second-order valence-electron chi connectivity index (χ2n) is 2.30. The normalized spacial score (nSPS) is 14.1. The molecule has 80 valence electrons. The van der Waals surface area contributed by atoms with Crippen LogP contribution in [0.4, 0.5) is 18.3 Å². The van der Waals surface area contributed by atoms with Gasteiger partial charge in [-0.2, -0.15) is 13.2 Å². The van der Waals surface area contributed by atoms with E-state index in [2.05, 4.69) is 31.4 Å². The molecule has 1 atom stereocenters. The SMILES string of the molecule is O[C@@H](CNc1nnc(Br)s1)C(F)(F)F. The third-order valence-electron chi connectivity index (χ3n) is 1.22. The van der Waals surface area contributed by atoms with Gasteiger partial charge >= 0.3 is 6.18 Å². The zero-order valence-electron chi connectivity index (χ0n) is 6.55. The molecule has 4 nitrogen and oxygen atoms in total. The molecule has 0 aromatic carbocycles. The molecule has 0 aliphatic rings. The van der Waals surface area contributed by atoms with Crippen LogP contribution in [0.3, 0.4) is 0 Å². The molecule has 1 heterocycles. The minimum atomic E-state index is -4.62. The van der Waals surface area contributed by atoms with E-state index >= 15 is 0 Å². The number of alkyl halides is 3. The maximum Gasteiger partial charge on any atom is 0.416 e. The first kappa shape index (κ1) is 11.7. The lowest BCUT2D eigenvalue weighted by Gasteiger charge is -2.13. The highest BCUT2D eigenvalue weighted by Gasteiger charge is 2.37. The second-order valence-corrected chi connectivity index (χ2v) is 4.55. The van der Waals surface area contributed by atoms with Crippen molar-refractivity contribution in [1.82, 2.24) is 10.2 Å². The standard InChI is InChI=1S/C5H5BrF3N3OS/c6-3-11-12-4(14-3)10-1-2(13)5(7,8)9/h2,13H,1H2,(H,10,12)/t2-/m0/s1. The highest BCUT2D eigenvalue weighted by Crippen LogP contribution is 2.23. The van der Waals surface area contributed by atoms with Crippen LogP contribution in [0.15, 0.2) is 3.92 Å². The molecule has 0 aliphatic heterocycles. The summed E-state index contributed by atoms with van der Waals surface area (Å²) in [5.74, 6) is 0. The molecule has 0 bridgehead atoms. The van der Waals surface area contributed by atoms with Crippen molar-refractivity contribution < 1.29 is 18.3 Å². The molecule has 0 unspecified atom stereocenters. The van der Waals surface area contributed by atoms with Gasteiger partial charge in [-0.15, -0.1) is 10.2 Å². The Labute approximate surface area is 89.3 Å². The number of aliphatic hydroxyl groups is 1. The number of aromatic nitrogens is 2. The maximum absolute atomic E-state index is 11.8.